The molecule has 0 unspecified atom stereocenters. The van der Waals surface area contributed by atoms with Crippen molar-refractivity contribution in [2.45, 2.75) is 185 Å². The lowest BCUT2D eigenvalue weighted by Gasteiger charge is -2.30. The van der Waals surface area contributed by atoms with Gasteiger partial charge < -0.3 is 104 Å². The van der Waals surface area contributed by atoms with E-state index in [1.165, 1.54) is 10.8 Å². The van der Waals surface area contributed by atoms with Crippen molar-refractivity contribution < 1.29 is 67.4 Å². The van der Waals surface area contributed by atoms with Gasteiger partial charge in [0.15, 0.2) is 17.9 Å². The smallest absolute Gasteiger partial charge is 0.305 e. The number of carboxylic acid groups (broad SMARTS) is 1. The van der Waals surface area contributed by atoms with Crippen LogP contribution in [0.3, 0.4) is 0 Å². The fraction of sp³-hybridized carbons (Fsp3) is 0.639. The number of nitrogens with zero attached hydrogens (tertiary/aromatic N) is 3. The summed E-state index contributed by atoms with van der Waals surface area (Å²) in [7, 11) is 2.27. The zero-order valence-corrected chi connectivity index (χ0v) is 57.7. The highest BCUT2D eigenvalue weighted by Gasteiger charge is 2.38. The summed E-state index contributed by atoms with van der Waals surface area (Å²) in [5, 5.41) is 38.6. The van der Waals surface area contributed by atoms with Gasteiger partial charge in [0.2, 0.25) is 70.9 Å². The summed E-state index contributed by atoms with van der Waals surface area (Å²) in [5.41, 5.74) is 39.7. The van der Waals surface area contributed by atoms with E-state index in [1.807, 2.05) is 0 Å². The van der Waals surface area contributed by atoms with Crippen LogP contribution in [0.25, 0.3) is 0 Å². The first-order valence-corrected chi connectivity index (χ1v) is 35.2. The third-order valence-corrected chi connectivity index (χ3v) is 18.7. The second kappa shape index (κ2) is 44.6. The fourth-order valence-electron chi connectivity index (χ4n) is 10.4. The molecule has 3 rings (SSSR count). The number of amides is 12. The molecule has 12 amide bonds. The number of aliphatic carboxylic acids is 1. The van der Waals surface area contributed by atoms with E-state index < -0.39 is 163 Å². The second-order valence-electron chi connectivity index (χ2n) is 24.0. The third kappa shape index (κ3) is 31.8. The molecule has 2 fully saturated rings. The lowest BCUT2D eigenvalue weighted by molar-refractivity contribution is -0.142. The highest BCUT2D eigenvalue weighted by atomic mass is 33.1. The minimum atomic E-state index is -1.93. The van der Waals surface area contributed by atoms with E-state index in [0.717, 1.165) is 30.1 Å². The van der Waals surface area contributed by atoms with Gasteiger partial charge in [0.1, 0.15) is 54.4 Å². The Labute approximate surface area is 577 Å². The maximum absolute atomic E-state index is 14.8. The molecular formula is C61H101N21O14S2. The number of hydrogen-bond donors (Lipinski definition) is 19. The molecule has 37 heteroatoms. The van der Waals surface area contributed by atoms with Gasteiger partial charge in [-0.15, -0.1) is 0 Å². The van der Waals surface area contributed by atoms with Crippen LogP contribution < -0.4 is 98.6 Å². The van der Waals surface area contributed by atoms with E-state index >= 15 is 0 Å². The van der Waals surface area contributed by atoms with Crippen LogP contribution in [0.5, 0.6) is 0 Å². The molecule has 1 aliphatic heterocycles. The minimum Gasteiger partial charge on any atom is -0.481 e. The fourth-order valence-corrected chi connectivity index (χ4v) is 12.6. The number of nitrogens with one attached hydrogen (secondary N) is 11. The summed E-state index contributed by atoms with van der Waals surface area (Å²) >= 11 is 0. The van der Waals surface area contributed by atoms with Crippen molar-refractivity contribution in [1.82, 2.24) is 58.5 Å². The predicted octanol–water partition coefficient (Wildman–Crippen LogP) is -4.60. The zero-order valence-electron chi connectivity index (χ0n) is 56.0. The Kier molecular flexibility index (Phi) is 37.8. The highest BCUT2D eigenvalue weighted by molar-refractivity contribution is 8.76. The monoisotopic (exact) mass is 1420 g/mol. The molecule has 0 aromatic heterocycles. The molecule has 0 radical (unpaired) electrons. The van der Waals surface area contributed by atoms with Crippen molar-refractivity contribution in [3.05, 3.63) is 35.9 Å². The molecule has 546 valence electrons. The lowest BCUT2D eigenvalue weighted by Crippen LogP contribution is -2.62. The molecule has 2 aliphatic rings. The van der Waals surface area contributed by atoms with Gasteiger partial charge in [-0.3, -0.25) is 77.3 Å². The maximum atomic E-state index is 14.8. The molecule has 26 N–H and O–H groups in total. The average molecular weight is 1420 g/mol. The number of rotatable bonds is 22. The van der Waals surface area contributed by atoms with Crippen molar-refractivity contribution in [2.24, 2.45) is 72.9 Å². The predicted molar refractivity (Wildman–Crippen MR) is 370 cm³/mol. The molecule has 0 spiro atoms. The molecular weight excluding hydrogens is 1310 g/mol. The SMILES string of the molecule is CC[C@H](C)[C@@H]1NC(=O)[C@@H](CCCN=C(N)N)NC(=O)CNC(=O)CNC(=O)[C@@H](C2CCCCC2)NC(=O)CCSSC[C@@H](C(N)=O)NC(=O)[C@@H](CCCN=C(N)N)NC(=O)[C@H](Cc2ccccc2)NC(=O)[C@@H]([C@@H](C)CC)NC(=O)[C@H](CCCN=C(N)N)NC(=O)[C@@H](CC(=O)O)NC1=O. The van der Waals surface area contributed by atoms with Gasteiger partial charge in [-0.2, -0.15) is 0 Å². The number of primary amides is 1. The van der Waals surface area contributed by atoms with Gasteiger partial charge in [-0.05, 0) is 74.7 Å². The van der Waals surface area contributed by atoms with Gasteiger partial charge in [0.25, 0.3) is 0 Å². The summed E-state index contributed by atoms with van der Waals surface area (Å²) in [6, 6.07) is -4.62. The Bertz CT molecular complexity index is 2950. The molecule has 1 saturated carbocycles. The van der Waals surface area contributed by atoms with Crippen molar-refractivity contribution in [3.63, 3.8) is 0 Å². The van der Waals surface area contributed by atoms with Crippen LogP contribution in [0, 0.1) is 17.8 Å². The van der Waals surface area contributed by atoms with E-state index in [1.54, 1.807) is 58.0 Å². The number of guanidine groups is 3. The number of hydrogen-bond acceptors (Lipinski definition) is 18. The van der Waals surface area contributed by atoms with Crippen molar-refractivity contribution in [2.75, 3.05) is 44.2 Å². The van der Waals surface area contributed by atoms with E-state index in [9.17, 15) is 67.4 Å². The molecule has 11 atom stereocenters. The Morgan fingerprint density at radius 1 is 0.510 bits per heavy atom. The number of carbonyl (C=O) groups is 13. The van der Waals surface area contributed by atoms with E-state index in [2.05, 4.69) is 73.5 Å². The van der Waals surface area contributed by atoms with Gasteiger partial charge in [-0.1, -0.05) is 112 Å². The maximum Gasteiger partial charge on any atom is 0.305 e. The molecule has 0 bridgehead atoms. The Morgan fingerprint density at radius 2 is 0.959 bits per heavy atom. The van der Waals surface area contributed by atoms with E-state index in [4.69, 9.17) is 40.1 Å². The largest absolute Gasteiger partial charge is 0.481 e. The van der Waals surface area contributed by atoms with E-state index in [-0.39, 0.29) is 119 Å². The number of carboxylic acids is 1. The molecule has 1 heterocycles. The van der Waals surface area contributed by atoms with Crippen LogP contribution in [-0.2, 0) is 68.7 Å². The van der Waals surface area contributed by atoms with Gasteiger partial charge in [0, 0.05) is 44.0 Å². The van der Waals surface area contributed by atoms with Crippen LogP contribution in [-0.4, -0.2) is 198 Å². The van der Waals surface area contributed by atoms with Gasteiger partial charge in [-0.25, -0.2) is 0 Å². The second-order valence-corrected chi connectivity index (χ2v) is 26.6. The Hall–Kier alpha value is -9.16. The van der Waals surface area contributed by atoms with Crippen LogP contribution in [0.4, 0.5) is 0 Å². The number of benzene rings is 1. The molecule has 1 saturated heterocycles. The molecule has 1 aromatic carbocycles. The number of carbonyl (C=O) groups excluding carboxylic acids is 12. The summed E-state index contributed by atoms with van der Waals surface area (Å²) in [5.74, 6) is -14.5. The van der Waals surface area contributed by atoms with Crippen LogP contribution in [0.15, 0.2) is 45.3 Å². The van der Waals surface area contributed by atoms with Crippen LogP contribution in [0.2, 0.25) is 0 Å². The van der Waals surface area contributed by atoms with E-state index in [0.29, 0.717) is 18.4 Å². The van der Waals surface area contributed by atoms with Gasteiger partial charge in [0.05, 0.1) is 19.5 Å². The molecule has 35 nitrogen and oxygen atoms in total. The number of nitrogens with two attached hydrogens (primary N) is 7. The first-order valence-electron chi connectivity index (χ1n) is 32.7. The molecule has 1 aliphatic carbocycles. The first-order chi connectivity index (χ1) is 46.5. The lowest BCUT2D eigenvalue weighted by atomic mass is 9.83. The zero-order chi connectivity index (χ0) is 72.9. The van der Waals surface area contributed by atoms with Crippen LogP contribution >= 0.6 is 21.6 Å². The summed E-state index contributed by atoms with van der Waals surface area (Å²) in [6.45, 7) is 5.24. The topological polar surface area (TPSA) is 594 Å². The van der Waals surface area contributed by atoms with Crippen molar-refractivity contribution >= 4 is 116 Å². The quantitative estimate of drug-likeness (QED) is 0.0225. The van der Waals surface area contributed by atoms with Crippen LogP contribution in [0.1, 0.15) is 130 Å². The summed E-state index contributed by atoms with van der Waals surface area (Å²) < 4.78 is 0. The standard InChI is InChI=1S/C61H101N21O14S2/c1-5-33(3)47-57(95)77-40(28-35-16-9-7-10-17-35)54(92)75-38(21-14-25-70-60(65)66)51(89)79-42(50(62)88)32-98-97-27-23-43(83)80-49(36-18-11-8-12-19-36)56(94)73-30-44(84)72-31-45(85)74-37(20-13-24-69-59(63)64)52(90)81-48(34(4)6-2)58(96)78-41(29-46(86)87)55(93)76-39(53(91)82-47)22-15-26-71-61(67)68/h7,9-10,16-17,33-34,36-42,47-49H,5-6,8,11-15,18-32H2,1-4H3,(H2,62,88)(H,72,84)(H,73,94)(H,74,85)(H,75,92)(H,76,93)(H,77,95)(H,78,96)(H,79,89)(H,80,83)(H,81,90)(H,82,91)(H,86,87)(H4,63,64,69)(H4,65,66,70)(H4,67,68,71)/t33-,34-,37+,38+,39-,40-,41+,42-,47+,48-,49+/m0/s1. The first kappa shape index (κ1) is 83.1. The highest BCUT2D eigenvalue weighted by Crippen LogP contribution is 2.28. The molecule has 1 aromatic rings. The summed E-state index contributed by atoms with van der Waals surface area (Å²) in [6.07, 6.45) is 2.66. The number of aliphatic imine (C=N–C) groups is 3. The molecule has 98 heavy (non-hydrogen) atoms. The van der Waals surface area contributed by atoms with Gasteiger partial charge >= 0.3 is 5.97 Å². The van der Waals surface area contributed by atoms with Crippen molar-refractivity contribution in [3.8, 4) is 0 Å². The summed E-state index contributed by atoms with van der Waals surface area (Å²) in [4.78, 5) is 193. The Balaban J connectivity index is 2.18. The average Bonchev–Trinajstić information content (AvgIpc) is 0.872. The van der Waals surface area contributed by atoms with Crippen molar-refractivity contribution in [1.29, 1.82) is 0 Å². The minimum absolute atomic E-state index is 0.00103. The third-order valence-electron chi connectivity index (χ3n) is 16.2. The normalized spacial score (nSPS) is 24.2. The Morgan fingerprint density at radius 3 is 1.44 bits per heavy atom.